The zero-order chi connectivity index (χ0) is 14.2. The minimum absolute atomic E-state index is 0.00440. The van der Waals surface area contributed by atoms with Crippen LogP contribution in [-0.4, -0.2) is 52.9 Å². The maximum Gasteiger partial charge on any atom is 0.255 e. The summed E-state index contributed by atoms with van der Waals surface area (Å²) in [7, 11) is 2.09. The summed E-state index contributed by atoms with van der Waals surface area (Å²) in [5.41, 5.74) is 7.60. The Morgan fingerprint density at radius 2 is 2.11 bits per heavy atom. The number of rotatable bonds is 1. The van der Waals surface area contributed by atoms with Crippen molar-refractivity contribution in [3.05, 3.63) is 23.5 Å². The lowest BCUT2D eigenvalue weighted by atomic mass is 9.99. The molecule has 1 aliphatic heterocycles. The number of nitrogen functional groups attached to an aromatic ring is 1. The van der Waals surface area contributed by atoms with E-state index in [2.05, 4.69) is 30.8 Å². The van der Waals surface area contributed by atoms with Crippen LogP contribution in [0.2, 0.25) is 0 Å². The van der Waals surface area contributed by atoms with Crippen molar-refractivity contribution in [2.24, 2.45) is 0 Å². The van der Waals surface area contributed by atoms with Crippen molar-refractivity contribution in [3.63, 3.8) is 0 Å². The fraction of sp³-hybridized carbons (Fsp3) is 0.571. The van der Waals surface area contributed by atoms with Gasteiger partial charge in [0.2, 0.25) is 0 Å². The van der Waals surface area contributed by atoms with Crippen LogP contribution in [0.3, 0.4) is 0 Å². The second-order valence-corrected chi connectivity index (χ2v) is 5.86. The van der Waals surface area contributed by atoms with Crippen LogP contribution in [0.15, 0.2) is 12.3 Å². The molecule has 1 saturated heterocycles. The number of nitrogens with zero attached hydrogens (tertiary/aromatic N) is 3. The maximum absolute atomic E-state index is 12.6. The molecule has 2 heterocycles. The molecular formula is C14H22N4O. The second-order valence-electron chi connectivity index (χ2n) is 5.86. The van der Waals surface area contributed by atoms with E-state index in [9.17, 15) is 4.79 Å². The van der Waals surface area contributed by atoms with Gasteiger partial charge in [0.25, 0.3) is 5.91 Å². The number of nitrogens with two attached hydrogens (primary N) is 1. The zero-order valence-electron chi connectivity index (χ0n) is 12.1. The summed E-state index contributed by atoms with van der Waals surface area (Å²) >= 11 is 0. The van der Waals surface area contributed by atoms with E-state index in [1.54, 1.807) is 12.3 Å². The number of carbonyl (C=O) groups excluding carboxylic acids is 1. The third-order valence-electron chi connectivity index (χ3n) is 3.94. The minimum atomic E-state index is -0.00440. The lowest BCUT2D eigenvalue weighted by Gasteiger charge is -2.45. The minimum Gasteiger partial charge on any atom is -0.397 e. The summed E-state index contributed by atoms with van der Waals surface area (Å²) in [4.78, 5) is 20.9. The molecule has 104 valence electrons. The Kier molecular flexibility index (Phi) is 3.49. The molecule has 1 amide bonds. The molecule has 0 radical (unpaired) electrons. The summed E-state index contributed by atoms with van der Waals surface area (Å²) in [6.07, 6.45) is 1.58. The third kappa shape index (κ3) is 2.71. The molecule has 1 aromatic heterocycles. The van der Waals surface area contributed by atoms with Gasteiger partial charge >= 0.3 is 0 Å². The molecule has 5 nitrogen and oxygen atoms in total. The number of amides is 1. The predicted molar refractivity (Wildman–Crippen MR) is 76.0 cm³/mol. The maximum atomic E-state index is 12.6. The average molecular weight is 262 g/mol. The van der Waals surface area contributed by atoms with Crippen LogP contribution in [0.4, 0.5) is 5.69 Å². The number of hydrogen-bond acceptors (Lipinski definition) is 4. The lowest BCUT2D eigenvalue weighted by molar-refractivity contribution is 0.0310. The first-order chi connectivity index (χ1) is 8.81. The topological polar surface area (TPSA) is 62.5 Å². The SMILES string of the molecule is Cc1ncc(N)cc1C(=O)N1CCN(C)C(C)(C)C1. The number of hydrogen-bond donors (Lipinski definition) is 1. The van der Waals surface area contributed by atoms with Crippen LogP contribution >= 0.6 is 0 Å². The summed E-state index contributed by atoms with van der Waals surface area (Å²) in [5, 5.41) is 0. The Hall–Kier alpha value is -1.62. The van der Waals surface area contributed by atoms with Crippen LogP contribution in [0, 0.1) is 6.92 Å². The Morgan fingerprint density at radius 1 is 1.42 bits per heavy atom. The molecule has 1 fully saturated rings. The van der Waals surface area contributed by atoms with Crippen LogP contribution in [-0.2, 0) is 0 Å². The predicted octanol–water partition coefficient (Wildman–Crippen LogP) is 1.14. The van der Waals surface area contributed by atoms with Crippen molar-refractivity contribution in [2.45, 2.75) is 26.3 Å². The Morgan fingerprint density at radius 3 is 2.74 bits per heavy atom. The molecule has 2 N–H and O–H groups in total. The van der Waals surface area contributed by atoms with E-state index in [0.717, 1.165) is 25.3 Å². The monoisotopic (exact) mass is 262 g/mol. The molecule has 2 rings (SSSR count). The van der Waals surface area contributed by atoms with Crippen LogP contribution < -0.4 is 5.73 Å². The first-order valence-electron chi connectivity index (χ1n) is 6.54. The first kappa shape index (κ1) is 13.8. The van der Waals surface area contributed by atoms with Gasteiger partial charge in [0.15, 0.2) is 0 Å². The number of aryl methyl sites for hydroxylation is 1. The molecule has 0 aliphatic carbocycles. The van der Waals surface area contributed by atoms with Gasteiger partial charge in [-0.05, 0) is 33.9 Å². The third-order valence-corrected chi connectivity index (χ3v) is 3.94. The summed E-state index contributed by atoms with van der Waals surface area (Å²) in [6.45, 7) is 8.48. The van der Waals surface area contributed by atoms with E-state index in [-0.39, 0.29) is 11.4 Å². The number of aromatic nitrogens is 1. The van der Waals surface area contributed by atoms with E-state index < -0.39 is 0 Å². The van der Waals surface area contributed by atoms with E-state index in [1.807, 2.05) is 11.8 Å². The molecule has 1 aromatic rings. The van der Waals surface area contributed by atoms with E-state index >= 15 is 0 Å². The Balaban J connectivity index is 2.23. The standard InChI is InChI=1S/C14H22N4O/c1-10-12(7-11(15)8-16-10)13(19)18-6-5-17(4)14(2,3)9-18/h7-8H,5-6,9,15H2,1-4H3. The second kappa shape index (κ2) is 4.81. The number of carbonyl (C=O) groups is 1. The molecule has 0 aromatic carbocycles. The quantitative estimate of drug-likeness (QED) is 0.824. The Bertz CT molecular complexity index is 498. The van der Waals surface area contributed by atoms with Gasteiger partial charge in [-0.25, -0.2) is 0 Å². The summed E-state index contributed by atoms with van der Waals surface area (Å²) < 4.78 is 0. The first-order valence-corrected chi connectivity index (χ1v) is 6.54. The van der Waals surface area contributed by atoms with Gasteiger partial charge in [-0.1, -0.05) is 0 Å². The largest absolute Gasteiger partial charge is 0.397 e. The highest BCUT2D eigenvalue weighted by Crippen LogP contribution is 2.21. The van der Waals surface area contributed by atoms with Crippen LogP contribution in [0.1, 0.15) is 29.9 Å². The van der Waals surface area contributed by atoms with Gasteiger partial charge in [0.1, 0.15) is 0 Å². The number of pyridine rings is 1. The number of piperazine rings is 1. The normalized spacial score (nSPS) is 19.5. The molecule has 0 saturated carbocycles. The van der Waals surface area contributed by atoms with Gasteiger partial charge in [-0.2, -0.15) is 0 Å². The van der Waals surface area contributed by atoms with Gasteiger partial charge < -0.3 is 10.6 Å². The van der Waals surface area contributed by atoms with Gasteiger partial charge in [-0.15, -0.1) is 0 Å². The highest BCUT2D eigenvalue weighted by molar-refractivity contribution is 5.96. The highest BCUT2D eigenvalue weighted by Gasteiger charge is 2.33. The van der Waals surface area contributed by atoms with Crippen molar-refractivity contribution < 1.29 is 4.79 Å². The molecule has 0 spiro atoms. The number of likely N-dealkylation sites (N-methyl/N-ethyl adjacent to an activating group) is 1. The van der Waals surface area contributed by atoms with Gasteiger partial charge in [0.05, 0.1) is 23.1 Å². The van der Waals surface area contributed by atoms with Crippen LogP contribution in [0.25, 0.3) is 0 Å². The number of anilines is 1. The molecule has 19 heavy (non-hydrogen) atoms. The van der Waals surface area contributed by atoms with Crippen molar-refractivity contribution in [1.82, 2.24) is 14.8 Å². The molecular weight excluding hydrogens is 240 g/mol. The van der Waals surface area contributed by atoms with Gasteiger partial charge in [0, 0.05) is 25.2 Å². The van der Waals surface area contributed by atoms with Crippen LogP contribution in [0.5, 0.6) is 0 Å². The summed E-state index contributed by atoms with van der Waals surface area (Å²) in [6, 6.07) is 1.72. The smallest absolute Gasteiger partial charge is 0.255 e. The molecule has 5 heteroatoms. The molecule has 1 aliphatic rings. The van der Waals surface area contributed by atoms with Gasteiger partial charge in [-0.3, -0.25) is 14.7 Å². The van der Waals surface area contributed by atoms with Crippen molar-refractivity contribution in [1.29, 1.82) is 0 Å². The molecule has 0 unspecified atom stereocenters. The average Bonchev–Trinajstić information content (AvgIpc) is 2.35. The van der Waals surface area contributed by atoms with E-state index in [0.29, 0.717) is 11.3 Å². The zero-order valence-corrected chi connectivity index (χ0v) is 12.1. The highest BCUT2D eigenvalue weighted by atomic mass is 16.2. The fourth-order valence-corrected chi connectivity index (χ4v) is 2.35. The van der Waals surface area contributed by atoms with Crippen molar-refractivity contribution in [2.75, 3.05) is 32.4 Å². The van der Waals surface area contributed by atoms with Crippen molar-refractivity contribution in [3.8, 4) is 0 Å². The summed E-state index contributed by atoms with van der Waals surface area (Å²) in [5.74, 6) is 0.0264. The Labute approximate surface area is 114 Å². The lowest BCUT2D eigenvalue weighted by Crippen LogP contribution is -2.58. The fourth-order valence-electron chi connectivity index (χ4n) is 2.35. The van der Waals surface area contributed by atoms with E-state index in [4.69, 9.17) is 5.73 Å². The van der Waals surface area contributed by atoms with E-state index in [1.165, 1.54) is 0 Å². The molecule has 0 bridgehead atoms. The molecule has 0 atom stereocenters. The van der Waals surface area contributed by atoms with Crippen molar-refractivity contribution >= 4 is 11.6 Å².